The molecule has 0 fully saturated rings. The number of anilines is 1. The molecule has 1 aromatic heterocycles. The summed E-state index contributed by atoms with van der Waals surface area (Å²) in [5.41, 5.74) is 0.198. The van der Waals surface area contributed by atoms with Gasteiger partial charge < -0.3 is 4.90 Å². The highest BCUT2D eigenvalue weighted by Gasteiger charge is 2.21. The Kier molecular flexibility index (Phi) is 3.59. The zero-order valence-corrected chi connectivity index (χ0v) is 11.0. The van der Waals surface area contributed by atoms with Crippen molar-refractivity contribution in [3.63, 3.8) is 0 Å². The highest BCUT2D eigenvalue weighted by atomic mass is 19.1. The van der Waals surface area contributed by atoms with Gasteiger partial charge in [-0.1, -0.05) is 26.0 Å². The lowest BCUT2D eigenvalue weighted by Gasteiger charge is -2.15. The normalized spacial score (nSPS) is 10.8. The predicted molar refractivity (Wildman–Crippen MR) is 69.6 cm³/mol. The van der Waals surface area contributed by atoms with Gasteiger partial charge in [-0.3, -0.25) is 9.89 Å². The Morgan fingerprint density at radius 3 is 2.63 bits per heavy atom. The number of hydrogen-bond donors (Lipinski definition) is 1. The molecule has 0 bridgehead atoms. The molecule has 0 aliphatic heterocycles. The standard InChI is InChI=1S/C13H15FN4O/c1-8(2)11-15-12(17-16-11)13(19)18(3)10-7-5-4-6-9(10)14/h4-8H,1-3H3,(H,15,16,17). The number of H-pyrrole nitrogens is 1. The Balaban J connectivity index is 2.26. The first-order valence-corrected chi connectivity index (χ1v) is 5.95. The van der Waals surface area contributed by atoms with Gasteiger partial charge in [0.15, 0.2) is 0 Å². The van der Waals surface area contributed by atoms with E-state index in [1.807, 2.05) is 13.8 Å². The molecule has 0 aliphatic carbocycles. The van der Waals surface area contributed by atoms with Crippen molar-refractivity contribution in [1.29, 1.82) is 0 Å². The zero-order valence-electron chi connectivity index (χ0n) is 11.0. The van der Waals surface area contributed by atoms with Crippen molar-refractivity contribution >= 4 is 11.6 Å². The van der Waals surface area contributed by atoms with Crippen LogP contribution in [0.5, 0.6) is 0 Å². The third-order valence-electron chi connectivity index (χ3n) is 2.76. The highest BCUT2D eigenvalue weighted by Crippen LogP contribution is 2.18. The van der Waals surface area contributed by atoms with Crippen LogP contribution in [-0.2, 0) is 0 Å². The van der Waals surface area contributed by atoms with Crippen LogP contribution in [0.1, 0.15) is 36.2 Å². The third-order valence-corrected chi connectivity index (χ3v) is 2.76. The highest BCUT2D eigenvalue weighted by molar-refractivity contribution is 6.03. The van der Waals surface area contributed by atoms with Gasteiger partial charge >= 0.3 is 0 Å². The first kappa shape index (κ1) is 13.2. The van der Waals surface area contributed by atoms with Gasteiger partial charge in [-0.15, -0.1) is 5.10 Å². The van der Waals surface area contributed by atoms with Crippen LogP contribution in [0.3, 0.4) is 0 Å². The lowest BCUT2D eigenvalue weighted by atomic mass is 10.2. The van der Waals surface area contributed by atoms with Gasteiger partial charge in [0.1, 0.15) is 11.6 Å². The Bertz CT molecular complexity index is 594. The Labute approximate surface area is 110 Å². The first-order chi connectivity index (χ1) is 9.00. The summed E-state index contributed by atoms with van der Waals surface area (Å²) in [7, 11) is 1.49. The number of nitrogens with one attached hydrogen (secondary N) is 1. The molecule has 5 nitrogen and oxygen atoms in total. The lowest BCUT2D eigenvalue weighted by molar-refractivity contribution is 0.0982. The van der Waals surface area contributed by atoms with Crippen LogP contribution < -0.4 is 4.90 Å². The molecule has 0 radical (unpaired) electrons. The maximum atomic E-state index is 13.6. The molecule has 100 valence electrons. The van der Waals surface area contributed by atoms with Crippen molar-refractivity contribution in [2.45, 2.75) is 19.8 Å². The van der Waals surface area contributed by atoms with Gasteiger partial charge in [0.05, 0.1) is 5.69 Å². The molecule has 0 aliphatic rings. The zero-order chi connectivity index (χ0) is 14.0. The fraction of sp³-hybridized carbons (Fsp3) is 0.308. The van der Waals surface area contributed by atoms with Gasteiger partial charge in [-0.2, -0.15) is 0 Å². The van der Waals surface area contributed by atoms with E-state index in [2.05, 4.69) is 15.2 Å². The van der Waals surface area contributed by atoms with Crippen LogP contribution >= 0.6 is 0 Å². The molecule has 6 heteroatoms. The molecular formula is C13H15FN4O. The smallest absolute Gasteiger partial charge is 0.297 e. The summed E-state index contributed by atoms with van der Waals surface area (Å²) in [4.78, 5) is 17.5. The number of halogens is 1. The van der Waals surface area contributed by atoms with Gasteiger partial charge in [0, 0.05) is 13.0 Å². The number of carbonyl (C=O) groups is 1. The Morgan fingerprint density at radius 2 is 2.05 bits per heavy atom. The fourth-order valence-electron chi connectivity index (χ4n) is 1.61. The first-order valence-electron chi connectivity index (χ1n) is 5.95. The molecule has 1 N–H and O–H groups in total. The molecule has 0 saturated carbocycles. The summed E-state index contributed by atoms with van der Waals surface area (Å²) in [6.07, 6.45) is 0. The van der Waals surface area contributed by atoms with E-state index in [1.165, 1.54) is 24.1 Å². The molecular weight excluding hydrogens is 247 g/mol. The molecule has 0 spiro atoms. The van der Waals surface area contributed by atoms with E-state index in [0.29, 0.717) is 5.82 Å². The van der Waals surface area contributed by atoms with Crippen LogP contribution in [-0.4, -0.2) is 28.1 Å². The van der Waals surface area contributed by atoms with Crippen LogP contribution in [0.15, 0.2) is 24.3 Å². The van der Waals surface area contributed by atoms with E-state index in [-0.39, 0.29) is 17.4 Å². The fourth-order valence-corrected chi connectivity index (χ4v) is 1.61. The maximum absolute atomic E-state index is 13.6. The Morgan fingerprint density at radius 1 is 1.37 bits per heavy atom. The molecule has 1 aromatic carbocycles. The monoisotopic (exact) mass is 262 g/mol. The molecule has 2 rings (SSSR count). The second-order valence-electron chi connectivity index (χ2n) is 4.51. The lowest BCUT2D eigenvalue weighted by Crippen LogP contribution is -2.28. The average molecular weight is 262 g/mol. The summed E-state index contributed by atoms with van der Waals surface area (Å²) >= 11 is 0. The SMILES string of the molecule is CC(C)c1nc(C(=O)N(C)c2ccccc2F)n[nH]1. The van der Waals surface area contributed by atoms with Gasteiger partial charge in [-0.25, -0.2) is 9.37 Å². The van der Waals surface area contributed by atoms with Crippen LogP contribution in [0.2, 0.25) is 0 Å². The molecule has 2 aromatic rings. The number of hydrogen-bond acceptors (Lipinski definition) is 3. The number of aromatic amines is 1. The van der Waals surface area contributed by atoms with Crippen LogP contribution in [0, 0.1) is 5.82 Å². The number of rotatable bonds is 3. The number of nitrogens with zero attached hydrogens (tertiary/aromatic N) is 3. The van der Waals surface area contributed by atoms with E-state index in [0.717, 1.165) is 0 Å². The van der Waals surface area contributed by atoms with E-state index in [1.54, 1.807) is 12.1 Å². The maximum Gasteiger partial charge on any atom is 0.297 e. The van der Waals surface area contributed by atoms with Crippen LogP contribution in [0.25, 0.3) is 0 Å². The number of aromatic nitrogens is 3. The average Bonchev–Trinajstić information content (AvgIpc) is 2.87. The largest absolute Gasteiger partial charge is 0.306 e. The number of para-hydroxylation sites is 1. The summed E-state index contributed by atoms with van der Waals surface area (Å²) < 4.78 is 13.6. The van der Waals surface area contributed by atoms with Crippen molar-refractivity contribution in [2.24, 2.45) is 0 Å². The minimum Gasteiger partial charge on any atom is -0.306 e. The molecule has 1 heterocycles. The number of carbonyl (C=O) groups excluding carboxylic acids is 1. The third kappa shape index (κ3) is 2.62. The summed E-state index contributed by atoms with van der Waals surface area (Å²) in [5.74, 6) is -0.0984. The van der Waals surface area contributed by atoms with Crippen molar-refractivity contribution in [1.82, 2.24) is 15.2 Å². The van der Waals surface area contributed by atoms with Gasteiger partial charge in [0.2, 0.25) is 5.82 Å². The second kappa shape index (κ2) is 5.17. The summed E-state index contributed by atoms with van der Waals surface area (Å²) in [6, 6.07) is 6.07. The quantitative estimate of drug-likeness (QED) is 0.923. The predicted octanol–water partition coefficient (Wildman–Crippen LogP) is 2.34. The van der Waals surface area contributed by atoms with E-state index >= 15 is 0 Å². The topological polar surface area (TPSA) is 61.9 Å². The van der Waals surface area contributed by atoms with Crippen molar-refractivity contribution in [2.75, 3.05) is 11.9 Å². The van der Waals surface area contributed by atoms with E-state index in [4.69, 9.17) is 0 Å². The molecule has 0 unspecified atom stereocenters. The Hall–Kier alpha value is -2.24. The van der Waals surface area contributed by atoms with E-state index in [9.17, 15) is 9.18 Å². The summed E-state index contributed by atoms with van der Waals surface area (Å²) in [6.45, 7) is 3.88. The van der Waals surface area contributed by atoms with Crippen molar-refractivity contribution in [3.8, 4) is 0 Å². The van der Waals surface area contributed by atoms with Crippen molar-refractivity contribution in [3.05, 3.63) is 41.7 Å². The van der Waals surface area contributed by atoms with Gasteiger partial charge in [-0.05, 0) is 12.1 Å². The molecule has 19 heavy (non-hydrogen) atoms. The minimum atomic E-state index is -0.460. The number of benzene rings is 1. The molecule has 0 atom stereocenters. The molecule has 0 saturated heterocycles. The van der Waals surface area contributed by atoms with Crippen LogP contribution in [0.4, 0.5) is 10.1 Å². The second-order valence-corrected chi connectivity index (χ2v) is 4.51. The van der Waals surface area contributed by atoms with Gasteiger partial charge in [0.25, 0.3) is 5.91 Å². The van der Waals surface area contributed by atoms with Crippen molar-refractivity contribution < 1.29 is 9.18 Å². The van der Waals surface area contributed by atoms with E-state index < -0.39 is 11.7 Å². The number of amides is 1. The molecule has 1 amide bonds. The minimum absolute atomic E-state index is 0.0365. The summed E-state index contributed by atoms with van der Waals surface area (Å²) in [5, 5.41) is 6.57.